The zero-order valence-corrected chi connectivity index (χ0v) is 17.1. The molecule has 8 heteroatoms. The first-order chi connectivity index (χ1) is 14.9. The highest BCUT2D eigenvalue weighted by Gasteiger charge is 2.22. The number of carboxylic acid groups (broad SMARTS) is 1. The van der Waals surface area contributed by atoms with Crippen molar-refractivity contribution < 1.29 is 18.3 Å². The van der Waals surface area contributed by atoms with Crippen molar-refractivity contribution in [3.8, 4) is 0 Å². The first kappa shape index (κ1) is 20.5. The van der Waals surface area contributed by atoms with Crippen molar-refractivity contribution in [2.45, 2.75) is 22.8 Å². The Morgan fingerprint density at radius 2 is 1.48 bits per heavy atom. The lowest BCUT2D eigenvalue weighted by Crippen LogP contribution is -2.26. The van der Waals surface area contributed by atoms with Crippen LogP contribution in [0.1, 0.15) is 11.3 Å². The number of nitrogens with zero attached hydrogens (tertiary/aromatic N) is 2. The molecule has 1 aromatic heterocycles. The van der Waals surface area contributed by atoms with Crippen LogP contribution >= 0.6 is 0 Å². The highest BCUT2D eigenvalue weighted by molar-refractivity contribution is 7.91. The summed E-state index contributed by atoms with van der Waals surface area (Å²) in [6, 6.07) is 21.1. The van der Waals surface area contributed by atoms with Crippen molar-refractivity contribution in [3.05, 3.63) is 100 Å². The van der Waals surface area contributed by atoms with E-state index in [2.05, 4.69) is 5.10 Å². The highest BCUT2D eigenvalue weighted by Crippen LogP contribution is 2.24. The molecule has 3 aromatic carbocycles. The number of hydrogen-bond acceptors (Lipinski definition) is 5. The number of benzene rings is 3. The smallest absolute Gasteiger partial charge is 0.309 e. The van der Waals surface area contributed by atoms with Gasteiger partial charge in [-0.25, -0.2) is 13.1 Å². The Bertz CT molecular complexity index is 1440. The van der Waals surface area contributed by atoms with E-state index < -0.39 is 21.4 Å². The van der Waals surface area contributed by atoms with E-state index in [1.54, 1.807) is 60.7 Å². The van der Waals surface area contributed by atoms with Gasteiger partial charge < -0.3 is 5.11 Å². The predicted octanol–water partition coefficient (Wildman–Crippen LogP) is 2.90. The average molecular weight is 434 g/mol. The van der Waals surface area contributed by atoms with Crippen molar-refractivity contribution in [3.63, 3.8) is 0 Å². The largest absolute Gasteiger partial charge is 0.481 e. The van der Waals surface area contributed by atoms with E-state index in [1.165, 1.54) is 18.2 Å². The van der Waals surface area contributed by atoms with E-state index >= 15 is 0 Å². The van der Waals surface area contributed by atoms with Gasteiger partial charge in [0.05, 0.1) is 33.8 Å². The second-order valence-corrected chi connectivity index (χ2v) is 8.87. The standard InChI is InChI=1S/C23H18N2O5S/c26-22(27)14-20-18-11-5-6-12-19(18)23(28)25(24-20)15-16-8-4-7-13-21(16)31(29,30)17-9-2-1-3-10-17/h1-13H,14-15H2,(H,26,27). The average Bonchev–Trinajstić information content (AvgIpc) is 2.77. The molecule has 0 bridgehead atoms. The number of hydrogen-bond donors (Lipinski definition) is 1. The van der Waals surface area contributed by atoms with Crippen LogP contribution in [0.25, 0.3) is 10.8 Å². The van der Waals surface area contributed by atoms with Gasteiger partial charge in [0.1, 0.15) is 0 Å². The zero-order chi connectivity index (χ0) is 22.0. The third kappa shape index (κ3) is 3.97. The monoisotopic (exact) mass is 434 g/mol. The Morgan fingerprint density at radius 1 is 0.871 bits per heavy atom. The Kier molecular flexibility index (Phi) is 5.39. The quantitative estimate of drug-likeness (QED) is 0.500. The molecule has 0 atom stereocenters. The lowest BCUT2D eigenvalue weighted by Gasteiger charge is -2.13. The molecule has 0 saturated heterocycles. The lowest BCUT2D eigenvalue weighted by molar-refractivity contribution is -0.136. The molecule has 0 aliphatic rings. The molecule has 0 amide bonds. The van der Waals surface area contributed by atoms with Crippen LogP contribution < -0.4 is 5.56 Å². The third-order valence-electron chi connectivity index (χ3n) is 4.90. The Labute approximate surface area is 178 Å². The van der Waals surface area contributed by atoms with E-state index in [0.29, 0.717) is 16.3 Å². The number of aliphatic carboxylic acids is 1. The Morgan fingerprint density at radius 3 is 2.19 bits per heavy atom. The number of rotatable bonds is 6. The molecule has 4 aromatic rings. The van der Waals surface area contributed by atoms with Crippen LogP contribution in [-0.4, -0.2) is 29.3 Å². The van der Waals surface area contributed by atoms with Crippen LogP contribution in [0.5, 0.6) is 0 Å². The zero-order valence-electron chi connectivity index (χ0n) is 16.3. The molecule has 0 aliphatic carbocycles. The van der Waals surface area contributed by atoms with Crippen LogP contribution in [0.3, 0.4) is 0 Å². The Balaban J connectivity index is 1.86. The van der Waals surface area contributed by atoms with Gasteiger partial charge in [0.2, 0.25) is 9.84 Å². The van der Waals surface area contributed by atoms with Crippen molar-refractivity contribution in [1.82, 2.24) is 9.78 Å². The van der Waals surface area contributed by atoms with Gasteiger partial charge in [-0.3, -0.25) is 9.59 Å². The van der Waals surface area contributed by atoms with Gasteiger partial charge in [-0.2, -0.15) is 5.10 Å². The maximum Gasteiger partial charge on any atom is 0.309 e. The van der Waals surface area contributed by atoms with Gasteiger partial charge >= 0.3 is 5.97 Å². The fraction of sp³-hybridized carbons (Fsp3) is 0.0870. The lowest BCUT2D eigenvalue weighted by atomic mass is 10.1. The summed E-state index contributed by atoms with van der Waals surface area (Å²) in [4.78, 5) is 24.5. The molecular formula is C23H18N2O5S. The van der Waals surface area contributed by atoms with Crippen molar-refractivity contribution in [1.29, 1.82) is 0 Å². The number of carbonyl (C=O) groups is 1. The number of aromatic nitrogens is 2. The minimum atomic E-state index is -3.81. The molecule has 0 fully saturated rings. The van der Waals surface area contributed by atoms with Crippen LogP contribution in [-0.2, 0) is 27.6 Å². The van der Waals surface area contributed by atoms with E-state index in [1.807, 2.05) is 0 Å². The van der Waals surface area contributed by atoms with Crippen molar-refractivity contribution in [2.75, 3.05) is 0 Å². The molecule has 0 spiro atoms. The second kappa shape index (κ2) is 8.16. The Hall–Kier alpha value is -3.78. The number of fused-ring (bicyclic) bond motifs is 1. The first-order valence-corrected chi connectivity index (χ1v) is 10.9. The minimum absolute atomic E-state index is 0.0721. The normalized spacial score (nSPS) is 11.5. The topological polar surface area (TPSA) is 106 Å². The number of sulfone groups is 1. The molecule has 0 radical (unpaired) electrons. The summed E-state index contributed by atoms with van der Waals surface area (Å²) in [5, 5.41) is 14.3. The fourth-order valence-electron chi connectivity index (χ4n) is 3.47. The van der Waals surface area contributed by atoms with Crippen LogP contribution in [0, 0.1) is 0 Å². The molecular weight excluding hydrogens is 416 g/mol. The molecule has 31 heavy (non-hydrogen) atoms. The summed E-state index contributed by atoms with van der Waals surface area (Å²) >= 11 is 0. The number of carboxylic acids is 1. The molecule has 4 rings (SSSR count). The van der Waals surface area contributed by atoms with Gasteiger partial charge in [0.25, 0.3) is 5.56 Å². The van der Waals surface area contributed by atoms with Crippen LogP contribution in [0.15, 0.2) is 93.4 Å². The molecule has 7 nitrogen and oxygen atoms in total. The molecule has 1 heterocycles. The summed E-state index contributed by atoms with van der Waals surface area (Å²) in [5.74, 6) is -1.07. The fourth-order valence-corrected chi connectivity index (χ4v) is 4.98. The summed E-state index contributed by atoms with van der Waals surface area (Å²) in [6.07, 6.45) is -0.356. The first-order valence-electron chi connectivity index (χ1n) is 9.46. The minimum Gasteiger partial charge on any atom is -0.481 e. The van der Waals surface area contributed by atoms with Crippen molar-refractivity contribution in [2.24, 2.45) is 0 Å². The van der Waals surface area contributed by atoms with Crippen LogP contribution in [0.2, 0.25) is 0 Å². The van der Waals surface area contributed by atoms with E-state index in [9.17, 15) is 23.1 Å². The predicted molar refractivity (Wildman–Crippen MR) is 115 cm³/mol. The molecule has 0 aliphatic heterocycles. The molecule has 1 N–H and O–H groups in total. The SMILES string of the molecule is O=C(O)Cc1nn(Cc2ccccc2S(=O)(=O)c2ccccc2)c(=O)c2ccccc12. The maximum absolute atomic E-state index is 13.2. The van der Waals surface area contributed by atoms with Crippen molar-refractivity contribution >= 4 is 26.6 Å². The third-order valence-corrected chi connectivity index (χ3v) is 6.77. The second-order valence-electron chi connectivity index (χ2n) is 6.95. The molecule has 0 unspecified atom stereocenters. The molecule has 156 valence electrons. The highest BCUT2D eigenvalue weighted by atomic mass is 32.2. The van der Waals surface area contributed by atoms with Gasteiger partial charge in [0.15, 0.2) is 0 Å². The van der Waals surface area contributed by atoms with E-state index in [-0.39, 0.29) is 28.5 Å². The summed E-state index contributed by atoms with van der Waals surface area (Å²) in [6.45, 7) is -0.113. The van der Waals surface area contributed by atoms with Gasteiger partial charge in [0, 0.05) is 5.39 Å². The van der Waals surface area contributed by atoms with E-state index in [0.717, 1.165) is 4.68 Å². The maximum atomic E-state index is 13.2. The van der Waals surface area contributed by atoms with Gasteiger partial charge in [-0.05, 0) is 29.8 Å². The molecule has 0 saturated carbocycles. The van der Waals surface area contributed by atoms with Gasteiger partial charge in [-0.15, -0.1) is 0 Å². The van der Waals surface area contributed by atoms with Gasteiger partial charge in [-0.1, -0.05) is 54.6 Å². The summed E-state index contributed by atoms with van der Waals surface area (Å²) in [5.41, 5.74) is 0.209. The summed E-state index contributed by atoms with van der Waals surface area (Å²) in [7, 11) is -3.81. The van der Waals surface area contributed by atoms with Crippen LogP contribution in [0.4, 0.5) is 0 Å². The van der Waals surface area contributed by atoms with E-state index in [4.69, 9.17) is 0 Å². The summed E-state index contributed by atoms with van der Waals surface area (Å²) < 4.78 is 27.5.